The standard InChI is InChI=1S/C6H7BFNO3/c1-12-4-2-5(7(10)11)6(8)9-3-4/h2-3,10-11H,1H3. The van der Waals surface area contributed by atoms with E-state index in [4.69, 9.17) is 14.8 Å². The number of halogens is 1. The summed E-state index contributed by atoms with van der Waals surface area (Å²) >= 11 is 0. The molecule has 0 aromatic carbocycles. The van der Waals surface area contributed by atoms with Crippen molar-refractivity contribution in [1.29, 1.82) is 0 Å². The average molecular weight is 171 g/mol. The summed E-state index contributed by atoms with van der Waals surface area (Å²) in [4.78, 5) is 3.26. The van der Waals surface area contributed by atoms with Gasteiger partial charge in [-0.05, 0) is 6.07 Å². The Hall–Kier alpha value is -1.14. The zero-order chi connectivity index (χ0) is 9.14. The molecule has 1 heterocycles. The monoisotopic (exact) mass is 171 g/mol. The van der Waals surface area contributed by atoms with Crippen LogP contribution in [0.3, 0.4) is 0 Å². The number of methoxy groups -OCH3 is 1. The molecule has 0 saturated heterocycles. The molecule has 0 fully saturated rings. The number of pyridine rings is 1. The third-order valence-corrected chi connectivity index (χ3v) is 1.35. The second kappa shape index (κ2) is 3.51. The van der Waals surface area contributed by atoms with Crippen LogP contribution >= 0.6 is 0 Å². The Morgan fingerprint density at radius 1 is 1.58 bits per heavy atom. The Morgan fingerprint density at radius 2 is 2.25 bits per heavy atom. The lowest BCUT2D eigenvalue weighted by Crippen LogP contribution is -2.33. The summed E-state index contributed by atoms with van der Waals surface area (Å²) < 4.78 is 17.4. The van der Waals surface area contributed by atoms with Crippen LogP contribution in [0.5, 0.6) is 5.75 Å². The van der Waals surface area contributed by atoms with Gasteiger partial charge in [-0.15, -0.1) is 0 Å². The van der Waals surface area contributed by atoms with Crippen molar-refractivity contribution in [3.63, 3.8) is 0 Å². The van der Waals surface area contributed by atoms with Crippen molar-refractivity contribution in [1.82, 2.24) is 4.98 Å². The Labute approximate surface area is 68.8 Å². The van der Waals surface area contributed by atoms with Gasteiger partial charge in [0.1, 0.15) is 5.75 Å². The van der Waals surface area contributed by atoms with Gasteiger partial charge in [0.25, 0.3) is 0 Å². The van der Waals surface area contributed by atoms with Crippen molar-refractivity contribution in [3.8, 4) is 5.75 Å². The summed E-state index contributed by atoms with van der Waals surface area (Å²) in [5, 5.41) is 17.3. The first-order valence-corrected chi connectivity index (χ1v) is 3.20. The fourth-order valence-corrected chi connectivity index (χ4v) is 0.738. The van der Waals surface area contributed by atoms with Crippen LogP contribution in [-0.2, 0) is 0 Å². The molecule has 1 aromatic heterocycles. The maximum absolute atomic E-state index is 12.7. The van der Waals surface area contributed by atoms with Gasteiger partial charge >= 0.3 is 7.12 Å². The molecule has 1 aromatic rings. The quantitative estimate of drug-likeness (QED) is 0.438. The van der Waals surface area contributed by atoms with E-state index >= 15 is 0 Å². The van der Waals surface area contributed by atoms with Gasteiger partial charge in [-0.3, -0.25) is 0 Å². The minimum absolute atomic E-state index is 0.277. The van der Waals surface area contributed by atoms with Crippen molar-refractivity contribution < 1.29 is 19.2 Å². The molecule has 0 aliphatic rings. The molecule has 0 radical (unpaired) electrons. The van der Waals surface area contributed by atoms with Gasteiger partial charge in [0, 0.05) is 5.46 Å². The lowest BCUT2D eigenvalue weighted by molar-refractivity contribution is 0.405. The molecule has 0 aliphatic carbocycles. The maximum Gasteiger partial charge on any atom is 0.493 e. The molecular weight excluding hydrogens is 164 g/mol. The molecule has 0 aliphatic heterocycles. The summed E-state index contributed by atoms with van der Waals surface area (Å²) in [5.74, 6) is -0.634. The van der Waals surface area contributed by atoms with E-state index in [-0.39, 0.29) is 11.2 Å². The molecule has 6 heteroatoms. The van der Waals surface area contributed by atoms with Crippen molar-refractivity contribution in [2.45, 2.75) is 0 Å². The summed E-state index contributed by atoms with van der Waals surface area (Å²) in [6, 6.07) is 1.17. The Kier molecular flexibility index (Phi) is 2.62. The number of nitrogens with zero attached hydrogens (tertiary/aromatic N) is 1. The molecule has 0 saturated carbocycles. The third-order valence-electron chi connectivity index (χ3n) is 1.35. The molecule has 0 atom stereocenters. The highest BCUT2D eigenvalue weighted by molar-refractivity contribution is 6.58. The Bertz CT molecular complexity index is 281. The van der Waals surface area contributed by atoms with Crippen molar-refractivity contribution in [2.24, 2.45) is 0 Å². The van der Waals surface area contributed by atoms with Gasteiger partial charge in [0.2, 0.25) is 5.95 Å². The Balaban J connectivity index is 3.08. The number of hydrogen-bond donors (Lipinski definition) is 2. The van der Waals surface area contributed by atoms with Gasteiger partial charge in [-0.1, -0.05) is 0 Å². The highest BCUT2D eigenvalue weighted by Crippen LogP contribution is 2.05. The fourth-order valence-electron chi connectivity index (χ4n) is 0.738. The largest absolute Gasteiger partial charge is 0.495 e. The van der Waals surface area contributed by atoms with Gasteiger partial charge < -0.3 is 14.8 Å². The van der Waals surface area contributed by atoms with E-state index in [9.17, 15) is 4.39 Å². The molecule has 0 spiro atoms. The number of ether oxygens (including phenoxy) is 1. The van der Waals surface area contributed by atoms with E-state index < -0.39 is 13.1 Å². The van der Waals surface area contributed by atoms with Crippen LogP contribution in [0.15, 0.2) is 12.3 Å². The van der Waals surface area contributed by atoms with E-state index in [0.717, 1.165) is 6.20 Å². The molecule has 0 unspecified atom stereocenters. The van der Waals surface area contributed by atoms with Gasteiger partial charge in [0.15, 0.2) is 0 Å². The minimum atomic E-state index is -1.87. The van der Waals surface area contributed by atoms with Crippen LogP contribution in [0.25, 0.3) is 0 Å². The van der Waals surface area contributed by atoms with Crippen LogP contribution < -0.4 is 10.2 Å². The Morgan fingerprint density at radius 3 is 2.75 bits per heavy atom. The van der Waals surface area contributed by atoms with Crippen LogP contribution in [0.2, 0.25) is 0 Å². The van der Waals surface area contributed by atoms with Crippen molar-refractivity contribution in [2.75, 3.05) is 7.11 Å². The molecule has 64 valence electrons. The second-order valence-electron chi connectivity index (χ2n) is 2.13. The van der Waals surface area contributed by atoms with E-state index in [1.54, 1.807) is 0 Å². The fraction of sp³-hybridized carbons (Fsp3) is 0.167. The predicted octanol–water partition coefficient (Wildman–Crippen LogP) is -1.09. The number of rotatable bonds is 2. The van der Waals surface area contributed by atoms with Crippen LogP contribution in [0, 0.1) is 5.95 Å². The lowest BCUT2D eigenvalue weighted by Gasteiger charge is -2.03. The molecule has 2 N–H and O–H groups in total. The first kappa shape index (κ1) is 8.96. The first-order chi connectivity index (χ1) is 5.65. The van der Waals surface area contributed by atoms with Crippen LogP contribution in [0.4, 0.5) is 4.39 Å². The normalized spacial score (nSPS) is 9.67. The smallest absolute Gasteiger partial charge is 0.493 e. The van der Waals surface area contributed by atoms with Crippen LogP contribution in [0.1, 0.15) is 0 Å². The molecule has 0 amide bonds. The summed E-state index contributed by atoms with van der Waals surface area (Å²) in [6.45, 7) is 0. The topological polar surface area (TPSA) is 62.6 Å². The van der Waals surface area contributed by atoms with Crippen molar-refractivity contribution in [3.05, 3.63) is 18.2 Å². The van der Waals surface area contributed by atoms with E-state index in [2.05, 4.69) is 4.98 Å². The predicted molar refractivity (Wildman–Crippen MR) is 40.6 cm³/mol. The van der Waals surface area contributed by atoms with E-state index in [1.807, 2.05) is 0 Å². The number of aromatic nitrogens is 1. The zero-order valence-corrected chi connectivity index (χ0v) is 6.36. The van der Waals surface area contributed by atoms with E-state index in [0.29, 0.717) is 0 Å². The zero-order valence-electron chi connectivity index (χ0n) is 6.36. The molecule has 0 bridgehead atoms. The lowest BCUT2D eigenvalue weighted by atomic mass is 9.81. The second-order valence-corrected chi connectivity index (χ2v) is 2.13. The highest BCUT2D eigenvalue weighted by Gasteiger charge is 2.18. The summed E-state index contributed by atoms with van der Waals surface area (Å²) in [5.41, 5.74) is -0.297. The minimum Gasteiger partial charge on any atom is -0.495 e. The summed E-state index contributed by atoms with van der Waals surface area (Å²) in [7, 11) is -0.491. The van der Waals surface area contributed by atoms with Crippen molar-refractivity contribution >= 4 is 12.6 Å². The van der Waals surface area contributed by atoms with E-state index in [1.165, 1.54) is 13.2 Å². The van der Waals surface area contributed by atoms with Crippen LogP contribution in [-0.4, -0.2) is 29.3 Å². The SMILES string of the molecule is COc1cnc(F)c(B(O)O)c1. The van der Waals surface area contributed by atoms with Gasteiger partial charge in [0.05, 0.1) is 13.3 Å². The summed E-state index contributed by atoms with van der Waals surface area (Å²) in [6.07, 6.45) is 1.15. The number of hydrogen-bond acceptors (Lipinski definition) is 4. The van der Waals surface area contributed by atoms with Gasteiger partial charge in [-0.2, -0.15) is 4.39 Å². The average Bonchev–Trinajstić information content (AvgIpc) is 2.05. The first-order valence-electron chi connectivity index (χ1n) is 3.20. The third kappa shape index (κ3) is 1.72. The molecule has 1 rings (SSSR count). The maximum atomic E-state index is 12.7. The molecule has 12 heavy (non-hydrogen) atoms. The molecule has 4 nitrogen and oxygen atoms in total. The molecular formula is C6H7BFNO3. The highest BCUT2D eigenvalue weighted by atomic mass is 19.1. The van der Waals surface area contributed by atoms with Gasteiger partial charge in [-0.25, -0.2) is 4.98 Å².